The van der Waals surface area contributed by atoms with E-state index in [9.17, 15) is 13.2 Å². The van der Waals surface area contributed by atoms with Crippen LogP contribution >= 0.6 is 0 Å². The molecule has 1 unspecified atom stereocenters. The Bertz CT molecular complexity index is 742. The number of carbonyl (C=O) groups is 1. The molecule has 2 aliphatic rings. The molecule has 2 fully saturated rings. The molecule has 3 rings (SSSR count). The Kier molecular flexibility index (Phi) is 6.08. The number of likely N-dealkylation sites (tertiary alicyclic amines) is 1. The lowest BCUT2D eigenvalue weighted by atomic mass is 10.2. The first-order valence-corrected chi connectivity index (χ1v) is 10.4. The van der Waals surface area contributed by atoms with E-state index in [4.69, 9.17) is 0 Å². The molecule has 1 aromatic carbocycles. The van der Waals surface area contributed by atoms with Crippen molar-refractivity contribution >= 4 is 15.9 Å². The van der Waals surface area contributed by atoms with Gasteiger partial charge in [0, 0.05) is 57.4 Å². The molecule has 0 bridgehead atoms. The summed E-state index contributed by atoms with van der Waals surface area (Å²) in [5.41, 5.74) is 0.522. The lowest BCUT2D eigenvalue weighted by Gasteiger charge is -2.32. The predicted octanol–water partition coefficient (Wildman–Crippen LogP) is 0.271. The van der Waals surface area contributed by atoms with E-state index in [1.54, 1.807) is 12.1 Å². The van der Waals surface area contributed by atoms with Crippen LogP contribution in [0.4, 0.5) is 0 Å². The molecule has 2 saturated heterocycles. The zero-order valence-corrected chi connectivity index (χ0v) is 15.7. The van der Waals surface area contributed by atoms with Crippen molar-refractivity contribution in [2.75, 3.05) is 45.8 Å². The summed E-state index contributed by atoms with van der Waals surface area (Å²) in [5.74, 6) is -0.0365. The second kappa shape index (κ2) is 8.30. The van der Waals surface area contributed by atoms with Gasteiger partial charge in [-0.15, -0.1) is 6.58 Å². The van der Waals surface area contributed by atoms with Gasteiger partial charge in [-0.1, -0.05) is 6.08 Å². The molecular weight excluding hydrogens is 352 g/mol. The highest BCUT2D eigenvalue weighted by molar-refractivity contribution is 7.89. The van der Waals surface area contributed by atoms with Crippen LogP contribution in [-0.4, -0.2) is 76.0 Å². The first kappa shape index (κ1) is 19.0. The SMILES string of the molecule is C=CCNS(=O)(=O)c1ccc(C(=O)N2CCC(N3CCNCC3)C2)cc1. The highest BCUT2D eigenvalue weighted by Crippen LogP contribution is 2.19. The Labute approximate surface area is 155 Å². The number of rotatable bonds is 6. The van der Waals surface area contributed by atoms with Crippen LogP contribution in [0, 0.1) is 0 Å². The van der Waals surface area contributed by atoms with Crippen molar-refractivity contribution in [2.45, 2.75) is 17.4 Å². The summed E-state index contributed by atoms with van der Waals surface area (Å²) >= 11 is 0. The van der Waals surface area contributed by atoms with Crippen molar-refractivity contribution in [3.63, 3.8) is 0 Å². The second-order valence-corrected chi connectivity index (χ2v) is 8.41. The molecule has 1 amide bonds. The molecule has 142 valence electrons. The van der Waals surface area contributed by atoms with E-state index in [2.05, 4.69) is 21.5 Å². The van der Waals surface area contributed by atoms with Gasteiger partial charge in [-0.25, -0.2) is 13.1 Å². The summed E-state index contributed by atoms with van der Waals surface area (Å²) in [6.07, 6.45) is 2.47. The minimum atomic E-state index is -3.57. The van der Waals surface area contributed by atoms with Crippen LogP contribution in [0.5, 0.6) is 0 Å². The maximum absolute atomic E-state index is 12.7. The minimum Gasteiger partial charge on any atom is -0.337 e. The monoisotopic (exact) mass is 378 g/mol. The van der Waals surface area contributed by atoms with Crippen molar-refractivity contribution in [2.24, 2.45) is 0 Å². The largest absolute Gasteiger partial charge is 0.337 e. The quantitative estimate of drug-likeness (QED) is 0.695. The smallest absolute Gasteiger partial charge is 0.253 e. The van der Waals surface area contributed by atoms with Crippen LogP contribution in [0.15, 0.2) is 41.8 Å². The van der Waals surface area contributed by atoms with E-state index in [0.717, 1.165) is 45.7 Å². The Morgan fingerprint density at radius 3 is 2.58 bits per heavy atom. The van der Waals surface area contributed by atoms with Gasteiger partial charge in [-0.3, -0.25) is 9.69 Å². The third-order valence-corrected chi connectivity index (χ3v) is 6.39. The lowest BCUT2D eigenvalue weighted by Crippen LogP contribution is -2.49. The van der Waals surface area contributed by atoms with Gasteiger partial charge in [-0.05, 0) is 30.7 Å². The molecule has 2 N–H and O–H groups in total. The Morgan fingerprint density at radius 2 is 1.92 bits per heavy atom. The number of hydrogen-bond donors (Lipinski definition) is 2. The summed E-state index contributed by atoms with van der Waals surface area (Å²) in [6.45, 7) is 9.20. The number of amides is 1. The van der Waals surface area contributed by atoms with Gasteiger partial charge in [0.05, 0.1) is 4.90 Å². The van der Waals surface area contributed by atoms with Gasteiger partial charge in [0.1, 0.15) is 0 Å². The molecule has 2 aliphatic heterocycles. The summed E-state index contributed by atoms with van der Waals surface area (Å²) in [5, 5.41) is 3.35. The highest BCUT2D eigenvalue weighted by Gasteiger charge is 2.31. The van der Waals surface area contributed by atoms with Crippen molar-refractivity contribution in [1.29, 1.82) is 0 Å². The number of carbonyl (C=O) groups excluding carboxylic acids is 1. The molecule has 8 heteroatoms. The molecule has 0 aliphatic carbocycles. The van der Waals surface area contributed by atoms with E-state index >= 15 is 0 Å². The van der Waals surface area contributed by atoms with Gasteiger partial charge < -0.3 is 10.2 Å². The zero-order valence-electron chi connectivity index (χ0n) is 14.9. The summed E-state index contributed by atoms with van der Waals surface area (Å²) in [6, 6.07) is 6.54. The van der Waals surface area contributed by atoms with Crippen LogP contribution in [-0.2, 0) is 10.0 Å². The van der Waals surface area contributed by atoms with Crippen LogP contribution < -0.4 is 10.0 Å². The molecule has 0 saturated carbocycles. The molecule has 7 nitrogen and oxygen atoms in total. The number of nitrogens with zero attached hydrogens (tertiary/aromatic N) is 2. The van der Waals surface area contributed by atoms with Gasteiger partial charge in [-0.2, -0.15) is 0 Å². The van der Waals surface area contributed by atoms with Gasteiger partial charge in [0.15, 0.2) is 0 Å². The minimum absolute atomic E-state index is 0.0365. The molecular formula is C18H26N4O3S. The third kappa shape index (κ3) is 4.32. The standard InChI is InChI=1S/C18H26N4O3S/c1-2-8-20-26(24,25)17-5-3-15(4-6-17)18(23)22-11-7-16(14-22)21-12-9-19-10-13-21/h2-6,16,19-20H,1,7-14H2. The van der Waals surface area contributed by atoms with E-state index < -0.39 is 10.0 Å². The number of nitrogens with one attached hydrogen (secondary N) is 2. The normalized spacial score (nSPS) is 21.7. The molecule has 1 aromatic rings. The lowest BCUT2D eigenvalue weighted by molar-refractivity contribution is 0.0773. The molecule has 0 spiro atoms. The molecule has 1 atom stereocenters. The van der Waals surface area contributed by atoms with Gasteiger partial charge in [0.2, 0.25) is 10.0 Å². The third-order valence-electron chi connectivity index (χ3n) is 4.95. The van der Waals surface area contributed by atoms with Crippen LogP contribution in [0.3, 0.4) is 0 Å². The maximum Gasteiger partial charge on any atom is 0.253 e. The van der Waals surface area contributed by atoms with Gasteiger partial charge >= 0.3 is 0 Å². The summed E-state index contributed by atoms with van der Waals surface area (Å²) in [7, 11) is -3.57. The Hall–Kier alpha value is -1.74. The van der Waals surface area contributed by atoms with E-state index in [1.807, 2.05) is 4.90 Å². The Morgan fingerprint density at radius 1 is 1.23 bits per heavy atom. The number of hydrogen-bond acceptors (Lipinski definition) is 5. The zero-order chi connectivity index (χ0) is 18.6. The molecule has 2 heterocycles. The number of benzene rings is 1. The average Bonchev–Trinajstić information content (AvgIpc) is 3.17. The summed E-state index contributed by atoms with van der Waals surface area (Å²) < 4.78 is 26.6. The number of piperazine rings is 1. The summed E-state index contributed by atoms with van der Waals surface area (Å²) in [4.78, 5) is 17.2. The maximum atomic E-state index is 12.7. The van der Waals surface area contributed by atoms with Gasteiger partial charge in [0.25, 0.3) is 5.91 Å². The van der Waals surface area contributed by atoms with Crippen molar-refractivity contribution in [3.05, 3.63) is 42.5 Å². The first-order valence-electron chi connectivity index (χ1n) is 8.96. The second-order valence-electron chi connectivity index (χ2n) is 6.64. The molecule has 26 heavy (non-hydrogen) atoms. The van der Waals surface area contributed by atoms with Crippen molar-refractivity contribution in [1.82, 2.24) is 19.8 Å². The number of sulfonamides is 1. The van der Waals surface area contributed by atoms with E-state index in [-0.39, 0.29) is 17.3 Å². The van der Waals surface area contributed by atoms with Crippen LogP contribution in [0.1, 0.15) is 16.8 Å². The first-order chi connectivity index (χ1) is 12.5. The molecule has 0 radical (unpaired) electrons. The van der Waals surface area contributed by atoms with Crippen molar-refractivity contribution in [3.8, 4) is 0 Å². The van der Waals surface area contributed by atoms with E-state index in [1.165, 1.54) is 18.2 Å². The van der Waals surface area contributed by atoms with Crippen molar-refractivity contribution < 1.29 is 13.2 Å². The highest BCUT2D eigenvalue weighted by atomic mass is 32.2. The van der Waals surface area contributed by atoms with Crippen LogP contribution in [0.25, 0.3) is 0 Å². The average molecular weight is 378 g/mol. The predicted molar refractivity (Wildman–Crippen MR) is 101 cm³/mol. The fourth-order valence-electron chi connectivity index (χ4n) is 3.48. The topological polar surface area (TPSA) is 81.8 Å². The fraction of sp³-hybridized carbons (Fsp3) is 0.500. The molecule has 0 aromatic heterocycles. The van der Waals surface area contributed by atoms with E-state index in [0.29, 0.717) is 11.6 Å². The Balaban J connectivity index is 1.62. The van der Waals surface area contributed by atoms with Crippen LogP contribution in [0.2, 0.25) is 0 Å². The fourth-order valence-corrected chi connectivity index (χ4v) is 4.48.